The Balaban J connectivity index is 2.20. The maximum absolute atomic E-state index is 10.4. The van der Waals surface area contributed by atoms with Gasteiger partial charge in [-0.05, 0) is 31.6 Å². The summed E-state index contributed by atoms with van der Waals surface area (Å²) in [5, 5.41) is 10.4. The van der Waals surface area contributed by atoms with E-state index in [9.17, 15) is 5.11 Å². The van der Waals surface area contributed by atoms with E-state index < -0.39 is 0 Å². The van der Waals surface area contributed by atoms with Crippen LogP contribution in [0.3, 0.4) is 0 Å². The molecule has 0 radical (unpaired) electrons. The molecule has 0 heterocycles. The van der Waals surface area contributed by atoms with Crippen molar-refractivity contribution in [3.8, 4) is 0 Å². The minimum absolute atomic E-state index is 0.373. The third-order valence-electron chi connectivity index (χ3n) is 4.09. The smallest absolute Gasteiger partial charge is 0.0713 e. The predicted molar refractivity (Wildman–Crippen MR) is 54.4 cm³/mol. The molecule has 2 rings (SSSR count). The molecule has 0 aromatic carbocycles. The molecule has 13 heavy (non-hydrogen) atoms. The van der Waals surface area contributed by atoms with Crippen molar-refractivity contribution in [3.63, 3.8) is 0 Å². The van der Waals surface area contributed by atoms with Crippen LogP contribution in [0.25, 0.3) is 0 Å². The van der Waals surface area contributed by atoms with E-state index in [0.717, 1.165) is 19.3 Å². The third kappa shape index (κ3) is 1.43. The van der Waals surface area contributed by atoms with Gasteiger partial charge in [-0.15, -0.1) is 0 Å². The van der Waals surface area contributed by atoms with Crippen molar-refractivity contribution < 1.29 is 5.11 Å². The average Bonchev–Trinajstić information content (AvgIpc) is 2.12. The number of aliphatic hydroxyl groups is 1. The molecule has 0 aromatic heterocycles. The van der Waals surface area contributed by atoms with Gasteiger partial charge >= 0.3 is 0 Å². The molecule has 1 nitrogen and oxygen atoms in total. The summed E-state index contributed by atoms with van der Waals surface area (Å²) in [7, 11) is 0. The first-order valence-corrected chi connectivity index (χ1v) is 5.54. The molecule has 0 aromatic rings. The Morgan fingerprint density at radius 2 is 2.08 bits per heavy atom. The molecule has 2 saturated carbocycles. The highest BCUT2D eigenvalue weighted by Gasteiger charge is 2.44. The highest BCUT2D eigenvalue weighted by Crippen LogP contribution is 2.47. The van der Waals surface area contributed by atoms with Crippen molar-refractivity contribution in [1.82, 2.24) is 0 Å². The fourth-order valence-electron chi connectivity index (χ4n) is 3.05. The van der Waals surface area contributed by atoms with Gasteiger partial charge in [0.1, 0.15) is 0 Å². The second-order valence-electron chi connectivity index (χ2n) is 4.92. The largest absolute Gasteiger partial charge is 0.389 e. The average molecular weight is 180 g/mol. The number of hydrogen-bond donors (Lipinski definition) is 1. The minimum Gasteiger partial charge on any atom is -0.389 e. The van der Waals surface area contributed by atoms with Gasteiger partial charge < -0.3 is 5.11 Å². The van der Waals surface area contributed by atoms with Gasteiger partial charge in [0.05, 0.1) is 5.60 Å². The summed E-state index contributed by atoms with van der Waals surface area (Å²) in [4.78, 5) is 0. The number of fused-ring (bicyclic) bond motifs is 1. The van der Waals surface area contributed by atoms with Gasteiger partial charge in [0.15, 0.2) is 0 Å². The lowest BCUT2D eigenvalue weighted by molar-refractivity contribution is -0.0602. The lowest BCUT2D eigenvalue weighted by Gasteiger charge is -2.47. The van der Waals surface area contributed by atoms with Crippen LogP contribution < -0.4 is 0 Å². The Hall–Kier alpha value is -0.300. The summed E-state index contributed by atoms with van der Waals surface area (Å²) >= 11 is 0. The van der Waals surface area contributed by atoms with Gasteiger partial charge in [-0.1, -0.05) is 31.9 Å². The van der Waals surface area contributed by atoms with E-state index in [0.29, 0.717) is 11.8 Å². The third-order valence-corrected chi connectivity index (χ3v) is 4.09. The quantitative estimate of drug-likeness (QED) is 0.568. The molecule has 0 spiro atoms. The number of hydrogen-bond acceptors (Lipinski definition) is 1. The lowest BCUT2D eigenvalue weighted by atomic mass is 9.62. The van der Waals surface area contributed by atoms with Gasteiger partial charge in [-0.25, -0.2) is 0 Å². The molecule has 0 saturated heterocycles. The zero-order valence-electron chi connectivity index (χ0n) is 8.55. The molecule has 3 atom stereocenters. The van der Waals surface area contributed by atoms with E-state index in [2.05, 4.69) is 13.5 Å². The van der Waals surface area contributed by atoms with Gasteiger partial charge in [0, 0.05) is 5.92 Å². The fraction of sp³-hybridized carbons (Fsp3) is 0.833. The molecule has 2 aliphatic carbocycles. The lowest BCUT2D eigenvalue weighted by Crippen LogP contribution is -2.45. The molecular formula is C12H20O. The van der Waals surface area contributed by atoms with E-state index >= 15 is 0 Å². The van der Waals surface area contributed by atoms with Crippen LogP contribution in [0.5, 0.6) is 0 Å². The van der Waals surface area contributed by atoms with Crippen LogP contribution in [0.2, 0.25) is 0 Å². The second kappa shape index (κ2) is 3.13. The molecule has 0 aliphatic heterocycles. The van der Waals surface area contributed by atoms with Crippen LogP contribution in [-0.2, 0) is 0 Å². The van der Waals surface area contributed by atoms with Crippen LogP contribution in [-0.4, -0.2) is 10.7 Å². The highest BCUT2D eigenvalue weighted by atomic mass is 16.3. The Morgan fingerprint density at radius 3 is 2.85 bits per heavy atom. The van der Waals surface area contributed by atoms with Crippen molar-refractivity contribution in [2.24, 2.45) is 11.8 Å². The van der Waals surface area contributed by atoms with E-state index in [-0.39, 0.29) is 5.60 Å². The van der Waals surface area contributed by atoms with Gasteiger partial charge in [0.25, 0.3) is 0 Å². The highest BCUT2D eigenvalue weighted by molar-refractivity contribution is 5.16. The van der Waals surface area contributed by atoms with Crippen LogP contribution in [0.1, 0.15) is 45.4 Å². The molecule has 0 amide bonds. The van der Waals surface area contributed by atoms with Crippen molar-refractivity contribution in [2.45, 2.75) is 51.0 Å². The molecule has 2 fully saturated rings. The van der Waals surface area contributed by atoms with Crippen molar-refractivity contribution in [1.29, 1.82) is 0 Å². The number of rotatable bonds is 0. The maximum atomic E-state index is 10.4. The summed E-state index contributed by atoms with van der Waals surface area (Å²) in [6.45, 7) is 6.41. The predicted octanol–water partition coefficient (Wildman–Crippen LogP) is 2.89. The second-order valence-corrected chi connectivity index (χ2v) is 4.92. The van der Waals surface area contributed by atoms with E-state index in [1.54, 1.807) is 0 Å². The standard InChI is InChI=1S/C12H20O/c1-9-6-8-12(13)7-4-3-5-11(12)10(9)2/h9,11,13H,2-8H2,1H3/t9-,11-,12+/m1/s1. The normalized spacial score (nSPS) is 45.8. The van der Waals surface area contributed by atoms with Crippen LogP contribution in [0.4, 0.5) is 0 Å². The fourth-order valence-corrected chi connectivity index (χ4v) is 3.05. The summed E-state index contributed by atoms with van der Waals surface area (Å²) < 4.78 is 0. The van der Waals surface area contributed by atoms with Crippen molar-refractivity contribution in [2.75, 3.05) is 0 Å². The van der Waals surface area contributed by atoms with Gasteiger partial charge in [0.2, 0.25) is 0 Å². The van der Waals surface area contributed by atoms with E-state index in [4.69, 9.17) is 0 Å². The Morgan fingerprint density at radius 1 is 1.31 bits per heavy atom. The summed E-state index contributed by atoms with van der Waals surface area (Å²) in [5.74, 6) is 1.04. The Labute approximate surface area is 80.8 Å². The van der Waals surface area contributed by atoms with Crippen LogP contribution >= 0.6 is 0 Å². The summed E-state index contributed by atoms with van der Waals surface area (Å²) in [5.41, 5.74) is 0.940. The SMILES string of the molecule is C=C1[C@H](C)CC[C@@]2(O)CCCC[C@H]12. The first kappa shape index (κ1) is 9.26. The molecule has 0 unspecified atom stereocenters. The first-order chi connectivity index (χ1) is 6.13. The molecule has 0 bridgehead atoms. The van der Waals surface area contributed by atoms with E-state index in [1.165, 1.54) is 24.8 Å². The topological polar surface area (TPSA) is 20.2 Å². The van der Waals surface area contributed by atoms with Crippen LogP contribution in [0, 0.1) is 11.8 Å². The molecular weight excluding hydrogens is 160 g/mol. The minimum atomic E-state index is -0.373. The van der Waals surface area contributed by atoms with Gasteiger partial charge in [-0.3, -0.25) is 0 Å². The molecule has 1 N–H and O–H groups in total. The maximum Gasteiger partial charge on any atom is 0.0713 e. The summed E-state index contributed by atoms with van der Waals surface area (Å²) in [6.07, 6.45) is 6.78. The Kier molecular flexibility index (Phi) is 2.23. The monoisotopic (exact) mass is 180 g/mol. The summed E-state index contributed by atoms with van der Waals surface area (Å²) in [6, 6.07) is 0. The van der Waals surface area contributed by atoms with E-state index in [1.807, 2.05) is 0 Å². The first-order valence-electron chi connectivity index (χ1n) is 5.54. The Bertz CT molecular complexity index is 221. The molecule has 1 heteroatoms. The molecule has 74 valence electrons. The zero-order valence-corrected chi connectivity index (χ0v) is 8.55. The van der Waals surface area contributed by atoms with Crippen molar-refractivity contribution in [3.05, 3.63) is 12.2 Å². The van der Waals surface area contributed by atoms with Crippen molar-refractivity contribution >= 4 is 0 Å². The van der Waals surface area contributed by atoms with Crippen LogP contribution in [0.15, 0.2) is 12.2 Å². The zero-order chi connectivity index (χ0) is 9.47. The molecule has 2 aliphatic rings. The van der Waals surface area contributed by atoms with Gasteiger partial charge in [-0.2, -0.15) is 0 Å².